The average molecular weight is 353 g/mol. The summed E-state index contributed by atoms with van der Waals surface area (Å²) in [5.41, 5.74) is 3.64. The molecule has 0 unspecified atom stereocenters. The van der Waals surface area contributed by atoms with E-state index in [9.17, 15) is 0 Å². The molecule has 0 bridgehead atoms. The molecular weight excluding hydrogens is 320 g/mol. The number of nitrogens with zero attached hydrogens (tertiary/aromatic N) is 1. The molecule has 2 aromatic carbocycles. The number of nitrogens with one attached hydrogen (secondary N) is 1. The van der Waals surface area contributed by atoms with Gasteiger partial charge in [-0.05, 0) is 48.6 Å². The fourth-order valence-electron chi connectivity index (χ4n) is 3.21. The van der Waals surface area contributed by atoms with E-state index in [-0.39, 0.29) is 5.41 Å². The molecule has 0 aromatic heterocycles. The minimum Gasteiger partial charge on any atom is -0.494 e. The smallest absolute Gasteiger partial charge is 0.132 e. The van der Waals surface area contributed by atoms with Crippen LogP contribution in [0.3, 0.4) is 0 Å². The van der Waals surface area contributed by atoms with E-state index in [2.05, 4.69) is 55.3 Å². The lowest BCUT2D eigenvalue weighted by molar-refractivity contribution is 0.340. The summed E-state index contributed by atoms with van der Waals surface area (Å²) < 4.78 is 5.52. The first-order valence-electron chi connectivity index (χ1n) is 9.58. The molecule has 140 valence electrons. The molecule has 0 heterocycles. The van der Waals surface area contributed by atoms with E-state index in [0.717, 1.165) is 17.3 Å². The number of ether oxygens (including phenoxy) is 1. The first-order valence-corrected chi connectivity index (χ1v) is 9.58. The Balaban J connectivity index is 2.27. The van der Waals surface area contributed by atoms with Gasteiger partial charge in [0.25, 0.3) is 0 Å². The van der Waals surface area contributed by atoms with Gasteiger partial charge in [0, 0.05) is 18.3 Å². The Morgan fingerprint density at radius 2 is 1.73 bits per heavy atom. The molecule has 0 spiro atoms. The topological polar surface area (TPSA) is 33.6 Å². The molecular formula is C23H32N2O. The Labute approximate surface area is 158 Å². The summed E-state index contributed by atoms with van der Waals surface area (Å²) in [7, 11) is 1.84. The maximum Gasteiger partial charge on any atom is 0.132 e. The lowest BCUT2D eigenvalue weighted by Crippen LogP contribution is -2.24. The van der Waals surface area contributed by atoms with Crippen LogP contribution in [0.2, 0.25) is 0 Å². The van der Waals surface area contributed by atoms with Crippen molar-refractivity contribution in [3.63, 3.8) is 0 Å². The van der Waals surface area contributed by atoms with Crippen LogP contribution in [0.25, 0.3) is 0 Å². The van der Waals surface area contributed by atoms with Crippen molar-refractivity contribution in [2.24, 2.45) is 4.99 Å². The van der Waals surface area contributed by atoms with Crippen molar-refractivity contribution in [2.75, 3.05) is 19.0 Å². The van der Waals surface area contributed by atoms with E-state index in [0.29, 0.717) is 6.61 Å². The standard InChI is InChI=1S/C23H32N2O/c1-6-8-17-23(3,4)21-12-10-9-11-20(21)22(24-5)25-18-13-15-19(16-14-18)26-7-2/h9-16H,6-8,17H2,1-5H3,(H,24,25). The molecule has 0 amide bonds. The Hall–Kier alpha value is -2.29. The van der Waals surface area contributed by atoms with Crippen molar-refractivity contribution in [3.05, 3.63) is 59.7 Å². The van der Waals surface area contributed by atoms with Gasteiger partial charge in [-0.1, -0.05) is 57.9 Å². The monoisotopic (exact) mass is 352 g/mol. The molecule has 2 rings (SSSR count). The van der Waals surface area contributed by atoms with Gasteiger partial charge in [0.2, 0.25) is 0 Å². The van der Waals surface area contributed by atoms with E-state index < -0.39 is 0 Å². The van der Waals surface area contributed by atoms with Crippen LogP contribution in [0.15, 0.2) is 53.5 Å². The van der Waals surface area contributed by atoms with Crippen LogP contribution < -0.4 is 10.1 Å². The second kappa shape index (κ2) is 9.42. The van der Waals surface area contributed by atoms with Crippen molar-refractivity contribution in [3.8, 4) is 5.75 Å². The number of unbranched alkanes of at least 4 members (excludes halogenated alkanes) is 1. The number of hydrogen-bond donors (Lipinski definition) is 1. The third kappa shape index (κ3) is 5.10. The van der Waals surface area contributed by atoms with Crippen LogP contribution in [0, 0.1) is 0 Å². The van der Waals surface area contributed by atoms with Gasteiger partial charge >= 0.3 is 0 Å². The van der Waals surface area contributed by atoms with Crippen molar-refractivity contribution < 1.29 is 4.74 Å². The van der Waals surface area contributed by atoms with Gasteiger partial charge < -0.3 is 10.1 Å². The van der Waals surface area contributed by atoms with E-state index in [4.69, 9.17) is 4.74 Å². The SMILES string of the molecule is CCCCC(C)(C)c1ccccc1C(=NC)Nc1ccc(OCC)cc1. The van der Waals surface area contributed by atoms with Crippen molar-refractivity contribution in [2.45, 2.75) is 52.4 Å². The highest BCUT2D eigenvalue weighted by molar-refractivity contribution is 6.09. The van der Waals surface area contributed by atoms with Crippen LogP contribution in [0.4, 0.5) is 5.69 Å². The first-order chi connectivity index (χ1) is 12.5. The molecule has 0 saturated carbocycles. The van der Waals surface area contributed by atoms with Crippen molar-refractivity contribution >= 4 is 11.5 Å². The van der Waals surface area contributed by atoms with Gasteiger partial charge in [-0.3, -0.25) is 4.99 Å². The quantitative estimate of drug-likeness (QED) is 0.464. The highest BCUT2D eigenvalue weighted by Gasteiger charge is 2.24. The van der Waals surface area contributed by atoms with Crippen LogP contribution in [-0.4, -0.2) is 19.5 Å². The minimum absolute atomic E-state index is 0.114. The van der Waals surface area contributed by atoms with E-state index >= 15 is 0 Å². The molecule has 0 radical (unpaired) electrons. The lowest BCUT2D eigenvalue weighted by Gasteiger charge is -2.28. The highest BCUT2D eigenvalue weighted by Crippen LogP contribution is 2.32. The molecule has 26 heavy (non-hydrogen) atoms. The Bertz CT molecular complexity index is 717. The molecule has 0 saturated heterocycles. The van der Waals surface area contributed by atoms with Crippen LogP contribution in [0.5, 0.6) is 5.75 Å². The molecule has 0 aliphatic heterocycles. The second-order valence-electron chi connectivity index (χ2n) is 7.19. The Kier molecular flexibility index (Phi) is 7.26. The molecule has 0 atom stereocenters. The third-order valence-electron chi connectivity index (χ3n) is 4.72. The Morgan fingerprint density at radius 3 is 2.35 bits per heavy atom. The second-order valence-corrected chi connectivity index (χ2v) is 7.19. The summed E-state index contributed by atoms with van der Waals surface area (Å²) in [4.78, 5) is 4.54. The maximum absolute atomic E-state index is 5.52. The third-order valence-corrected chi connectivity index (χ3v) is 4.72. The number of aliphatic imine (C=N–C) groups is 1. The summed E-state index contributed by atoms with van der Waals surface area (Å²) in [6.45, 7) is 9.56. The molecule has 3 nitrogen and oxygen atoms in total. The first kappa shape index (κ1) is 20.0. The van der Waals surface area contributed by atoms with Crippen LogP contribution >= 0.6 is 0 Å². The molecule has 1 N–H and O–H groups in total. The van der Waals surface area contributed by atoms with Crippen LogP contribution in [-0.2, 0) is 5.41 Å². The summed E-state index contributed by atoms with van der Waals surface area (Å²) in [6, 6.07) is 16.6. The molecule has 2 aromatic rings. The minimum atomic E-state index is 0.114. The summed E-state index contributed by atoms with van der Waals surface area (Å²) in [5.74, 6) is 1.78. The zero-order valence-corrected chi connectivity index (χ0v) is 16.8. The number of benzene rings is 2. The normalized spacial score (nSPS) is 12.1. The zero-order valence-electron chi connectivity index (χ0n) is 16.8. The zero-order chi connectivity index (χ0) is 19.0. The molecule has 0 aliphatic rings. The fraction of sp³-hybridized carbons (Fsp3) is 0.435. The lowest BCUT2D eigenvalue weighted by atomic mass is 9.77. The average Bonchev–Trinajstić information content (AvgIpc) is 2.66. The van der Waals surface area contributed by atoms with E-state index in [1.54, 1.807) is 0 Å². The number of anilines is 1. The van der Waals surface area contributed by atoms with Gasteiger partial charge in [-0.15, -0.1) is 0 Å². The highest BCUT2D eigenvalue weighted by atomic mass is 16.5. The van der Waals surface area contributed by atoms with Crippen LogP contribution in [0.1, 0.15) is 58.1 Å². The van der Waals surface area contributed by atoms with Gasteiger partial charge in [0.15, 0.2) is 0 Å². The number of hydrogen-bond acceptors (Lipinski definition) is 2. The molecule has 0 aliphatic carbocycles. The Morgan fingerprint density at radius 1 is 1.04 bits per heavy atom. The fourth-order valence-corrected chi connectivity index (χ4v) is 3.21. The number of amidine groups is 1. The van der Waals surface area contributed by atoms with Gasteiger partial charge in [-0.25, -0.2) is 0 Å². The maximum atomic E-state index is 5.52. The molecule has 3 heteroatoms. The van der Waals surface area contributed by atoms with Gasteiger partial charge in [-0.2, -0.15) is 0 Å². The largest absolute Gasteiger partial charge is 0.494 e. The summed E-state index contributed by atoms with van der Waals surface area (Å²) >= 11 is 0. The molecule has 0 fully saturated rings. The van der Waals surface area contributed by atoms with Gasteiger partial charge in [0.05, 0.1) is 6.61 Å². The predicted molar refractivity (Wildman–Crippen MR) is 113 cm³/mol. The van der Waals surface area contributed by atoms with Crippen molar-refractivity contribution in [1.29, 1.82) is 0 Å². The summed E-state index contributed by atoms with van der Waals surface area (Å²) in [5, 5.41) is 3.48. The van der Waals surface area contributed by atoms with Crippen molar-refractivity contribution in [1.82, 2.24) is 0 Å². The van der Waals surface area contributed by atoms with E-state index in [1.165, 1.54) is 30.4 Å². The number of rotatable bonds is 8. The summed E-state index contributed by atoms with van der Waals surface area (Å²) in [6.07, 6.45) is 3.61. The van der Waals surface area contributed by atoms with E-state index in [1.807, 2.05) is 38.2 Å². The predicted octanol–water partition coefficient (Wildman–Crippen LogP) is 6.04. The van der Waals surface area contributed by atoms with Gasteiger partial charge in [0.1, 0.15) is 11.6 Å².